The maximum Gasteiger partial charge on any atom is 0.257 e. The van der Waals surface area contributed by atoms with Crippen LogP contribution in [0.15, 0.2) is 35.2 Å². The number of hydrogen-bond donors (Lipinski definition) is 2. The first-order valence-corrected chi connectivity index (χ1v) is 12.7. The minimum atomic E-state index is -0.0110. The highest BCUT2D eigenvalue weighted by molar-refractivity contribution is 8.04. The number of carbonyl (C=O) groups excluding carboxylic acids is 2. The van der Waals surface area contributed by atoms with Crippen LogP contribution in [0, 0.1) is 5.92 Å². The van der Waals surface area contributed by atoms with Gasteiger partial charge in [0.2, 0.25) is 5.91 Å². The summed E-state index contributed by atoms with van der Waals surface area (Å²) in [5.74, 6) is 0.146. The van der Waals surface area contributed by atoms with Crippen molar-refractivity contribution in [2.24, 2.45) is 5.92 Å². The quantitative estimate of drug-likeness (QED) is 0.423. The van der Waals surface area contributed by atoms with E-state index in [9.17, 15) is 9.59 Å². The molecule has 1 aromatic rings. The maximum atomic E-state index is 12.7. The molecular formula is C25H37N3O2S. The second-order valence-electron chi connectivity index (χ2n) is 8.65. The number of carbonyl (C=O) groups is 2. The zero-order chi connectivity index (χ0) is 22.1. The Morgan fingerprint density at radius 3 is 2.61 bits per heavy atom. The lowest BCUT2D eigenvalue weighted by Gasteiger charge is -2.39. The molecule has 170 valence electrons. The van der Waals surface area contributed by atoms with Gasteiger partial charge in [-0.05, 0) is 69.8 Å². The molecule has 2 aliphatic rings. The third-order valence-corrected chi connectivity index (χ3v) is 7.53. The highest BCUT2D eigenvalue weighted by Crippen LogP contribution is 2.39. The van der Waals surface area contributed by atoms with Crippen molar-refractivity contribution in [1.82, 2.24) is 15.5 Å². The largest absolute Gasteiger partial charge is 0.356 e. The normalized spacial score (nSPS) is 24.7. The van der Waals surface area contributed by atoms with Crippen molar-refractivity contribution < 1.29 is 9.59 Å². The molecule has 1 aromatic carbocycles. The maximum absolute atomic E-state index is 12.7. The highest BCUT2D eigenvalue weighted by atomic mass is 32.2. The smallest absolute Gasteiger partial charge is 0.257 e. The van der Waals surface area contributed by atoms with Gasteiger partial charge in [-0.1, -0.05) is 44.2 Å². The SMILES string of the molecule is CCCN(CCC)CCCNC(=O)C1CCC2S/C(=C\c3ccccc3)C(=O)NC2C1. The Balaban J connectivity index is 1.44. The molecule has 1 aliphatic carbocycles. The van der Waals surface area contributed by atoms with E-state index in [1.807, 2.05) is 36.4 Å². The molecule has 0 bridgehead atoms. The van der Waals surface area contributed by atoms with E-state index >= 15 is 0 Å². The number of nitrogens with one attached hydrogen (secondary N) is 2. The zero-order valence-corrected chi connectivity index (χ0v) is 19.8. The first-order valence-electron chi connectivity index (χ1n) is 11.8. The van der Waals surface area contributed by atoms with Gasteiger partial charge >= 0.3 is 0 Å². The van der Waals surface area contributed by atoms with Gasteiger partial charge in [-0.3, -0.25) is 9.59 Å². The lowest BCUT2D eigenvalue weighted by molar-refractivity contribution is -0.127. The fraction of sp³-hybridized carbons (Fsp3) is 0.600. The molecule has 2 fully saturated rings. The summed E-state index contributed by atoms with van der Waals surface area (Å²) in [7, 11) is 0. The Morgan fingerprint density at radius 2 is 1.90 bits per heavy atom. The van der Waals surface area contributed by atoms with Crippen molar-refractivity contribution in [3.63, 3.8) is 0 Å². The van der Waals surface area contributed by atoms with Crippen molar-refractivity contribution in [3.8, 4) is 0 Å². The molecule has 1 saturated heterocycles. The summed E-state index contributed by atoms with van der Waals surface area (Å²) >= 11 is 1.68. The molecule has 1 heterocycles. The number of benzene rings is 1. The van der Waals surface area contributed by atoms with Crippen LogP contribution in [0.3, 0.4) is 0 Å². The molecule has 0 spiro atoms. The van der Waals surface area contributed by atoms with E-state index in [2.05, 4.69) is 29.4 Å². The number of amides is 2. The van der Waals surface area contributed by atoms with Gasteiger partial charge in [0.05, 0.1) is 4.91 Å². The van der Waals surface area contributed by atoms with Crippen molar-refractivity contribution in [1.29, 1.82) is 0 Å². The van der Waals surface area contributed by atoms with Crippen molar-refractivity contribution >= 4 is 29.7 Å². The minimum absolute atomic E-state index is 0.00388. The summed E-state index contributed by atoms with van der Waals surface area (Å²) in [4.78, 5) is 28.6. The van der Waals surface area contributed by atoms with E-state index in [0.29, 0.717) is 5.25 Å². The van der Waals surface area contributed by atoms with Crippen LogP contribution in [-0.4, -0.2) is 54.2 Å². The molecule has 0 radical (unpaired) electrons. The molecule has 1 saturated carbocycles. The third kappa shape index (κ3) is 7.11. The van der Waals surface area contributed by atoms with Gasteiger partial charge in [-0.2, -0.15) is 0 Å². The van der Waals surface area contributed by atoms with Crippen LogP contribution in [0.25, 0.3) is 6.08 Å². The minimum Gasteiger partial charge on any atom is -0.356 e. The Hall–Kier alpha value is -1.79. The Labute approximate surface area is 191 Å². The lowest BCUT2D eigenvalue weighted by Crippen LogP contribution is -2.51. The molecule has 2 amide bonds. The molecule has 3 unspecified atom stereocenters. The van der Waals surface area contributed by atoms with Gasteiger partial charge in [0.15, 0.2) is 0 Å². The Morgan fingerprint density at radius 1 is 1.16 bits per heavy atom. The summed E-state index contributed by atoms with van der Waals surface area (Å²) in [6, 6.07) is 10.0. The summed E-state index contributed by atoms with van der Waals surface area (Å²) in [5.41, 5.74) is 1.04. The molecule has 5 nitrogen and oxygen atoms in total. The van der Waals surface area contributed by atoms with Crippen molar-refractivity contribution in [2.75, 3.05) is 26.2 Å². The van der Waals surface area contributed by atoms with E-state index in [-0.39, 0.29) is 23.8 Å². The summed E-state index contributed by atoms with van der Waals surface area (Å²) in [5, 5.41) is 6.67. The second-order valence-corrected chi connectivity index (χ2v) is 9.93. The Kier molecular flexibility index (Phi) is 9.47. The molecule has 1 aliphatic heterocycles. The van der Waals surface area contributed by atoms with Crippen LogP contribution in [-0.2, 0) is 9.59 Å². The van der Waals surface area contributed by atoms with Crippen LogP contribution in [0.1, 0.15) is 57.9 Å². The van der Waals surface area contributed by atoms with Crippen LogP contribution in [0.4, 0.5) is 0 Å². The molecule has 2 N–H and O–H groups in total. The van der Waals surface area contributed by atoms with Gasteiger partial charge in [-0.25, -0.2) is 0 Å². The number of hydrogen-bond acceptors (Lipinski definition) is 4. The fourth-order valence-corrected chi connectivity index (χ4v) is 5.85. The molecule has 31 heavy (non-hydrogen) atoms. The van der Waals surface area contributed by atoms with E-state index in [4.69, 9.17) is 0 Å². The standard InChI is InChI=1S/C25H37N3O2S/c1-3-14-28(15-4-2)16-8-13-26-24(29)20-11-12-22-21(18-20)27-25(30)23(31-22)17-19-9-6-5-7-10-19/h5-7,9-10,17,20-22H,3-4,8,11-16,18H2,1-2H3,(H,26,29)(H,27,30)/b23-17-. The number of fused-ring (bicyclic) bond motifs is 1. The third-order valence-electron chi connectivity index (χ3n) is 6.10. The average Bonchev–Trinajstić information content (AvgIpc) is 2.77. The molecule has 0 aromatic heterocycles. The van der Waals surface area contributed by atoms with Gasteiger partial charge in [0.25, 0.3) is 5.91 Å². The predicted molar refractivity (Wildman–Crippen MR) is 130 cm³/mol. The molecular weight excluding hydrogens is 406 g/mol. The van der Waals surface area contributed by atoms with E-state index in [1.165, 1.54) is 12.8 Å². The molecule has 6 heteroatoms. The highest BCUT2D eigenvalue weighted by Gasteiger charge is 2.39. The topological polar surface area (TPSA) is 61.4 Å². The van der Waals surface area contributed by atoms with Crippen LogP contribution >= 0.6 is 11.8 Å². The first-order chi connectivity index (χ1) is 15.1. The van der Waals surface area contributed by atoms with Crippen LogP contribution in [0.2, 0.25) is 0 Å². The van der Waals surface area contributed by atoms with Crippen LogP contribution in [0.5, 0.6) is 0 Å². The lowest BCUT2D eigenvalue weighted by atomic mass is 9.84. The first kappa shape index (κ1) is 23.9. The van der Waals surface area contributed by atoms with Crippen LogP contribution < -0.4 is 10.6 Å². The monoisotopic (exact) mass is 443 g/mol. The predicted octanol–water partition coefficient (Wildman–Crippen LogP) is 4.06. The van der Waals surface area contributed by atoms with Crippen molar-refractivity contribution in [2.45, 2.75) is 63.7 Å². The summed E-state index contributed by atoms with van der Waals surface area (Å²) in [6.45, 7) is 8.46. The molecule has 3 rings (SSSR count). The average molecular weight is 444 g/mol. The fourth-order valence-electron chi connectivity index (χ4n) is 4.56. The van der Waals surface area contributed by atoms with E-state index < -0.39 is 0 Å². The Bertz CT molecular complexity index is 746. The number of nitrogens with zero attached hydrogens (tertiary/aromatic N) is 1. The van der Waals surface area contributed by atoms with Gasteiger partial charge < -0.3 is 15.5 Å². The van der Waals surface area contributed by atoms with Gasteiger partial charge in [-0.15, -0.1) is 11.8 Å². The summed E-state index contributed by atoms with van der Waals surface area (Å²) < 4.78 is 0. The van der Waals surface area contributed by atoms with Crippen molar-refractivity contribution in [3.05, 3.63) is 40.8 Å². The number of thioether (sulfide) groups is 1. The zero-order valence-electron chi connectivity index (χ0n) is 18.9. The second kappa shape index (κ2) is 12.3. The van der Waals surface area contributed by atoms with Gasteiger partial charge in [0, 0.05) is 23.8 Å². The van der Waals surface area contributed by atoms with Gasteiger partial charge in [0.1, 0.15) is 0 Å². The number of rotatable bonds is 10. The summed E-state index contributed by atoms with van der Waals surface area (Å²) in [6.07, 6.45) is 7.89. The van der Waals surface area contributed by atoms with E-state index in [0.717, 1.165) is 62.3 Å². The molecule has 3 atom stereocenters. The van der Waals surface area contributed by atoms with E-state index in [1.54, 1.807) is 11.8 Å².